The number of anilines is 1. The molecule has 3 nitrogen and oxygen atoms in total. The Morgan fingerprint density at radius 2 is 1.94 bits per heavy atom. The van der Waals surface area contributed by atoms with Gasteiger partial charge in [-0.15, -0.1) is 0 Å². The lowest BCUT2D eigenvalue weighted by Gasteiger charge is -1.99. The Labute approximate surface area is 110 Å². The standard InChI is InChI=1S/C14H10ClN3/c15-13-2-1-3-14(8-13)18-17-10-12-6-4-11(9-16)5-7-12/h1-8,10,18H/b17-10-. The molecule has 18 heavy (non-hydrogen) atoms. The Kier molecular flexibility index (Phi) is 3.95. The van der Waals surface area contributed by atoms with Crippen molar-refractivity contribution >= 4 is 23.5 Å². The molecule has 2 aromatic carbocycles. The number of nitriles is 1. The molecule has 0 aliphatic heterocycles. The molecule has 88 valence electrons. The van der Waals surface area contributed by atoms with Gasteiger partial charge >= 0.3 is 0 Å². The quantitative estimate of drug-likeness (QED) is 0.672. The van der Waals surface area contributed by atoms with E-state index in [9.17, 15) is 0 Å². The highest BCUT2D eigenvalue weighted by molar-refractivity contribution is 6.30. The van der Waals surface area contributed by atoms with Gasteiger partial charge in [0, 0.05) is 5.02 Å². The van der Waals surface area contributed by atoms with Crippen LogP contribution in [0, 0.1) is 11.3 Å². The van der Waals surface area contributed by atoms with Crippen molar-refractivity contribution in [3.8, 4) is 6.07 Å². The van der Waals surface area contributed by atoms with Crippen molar-refractivity contribution in [2.45, 2.75) is 0 Å². The van der Waals surface area contributed by atoms with Crippen molar-refractivity contribution in [1.29, 1.82) is 5.26 Å². The minimum atomic E-state index is 0.634. The van der Waals surface area contributed by atoms with Crippen LogP contribution in [0.1, 0.15) is 11.1 Å². The highest BCUT2D eigenvalue weighted by Crippen LogP contribution is 2.14. The van der Waals surface area contributed by atoms with Crippen molar-refractivity contribution < 1.29 is 0 Å². The maximum atomic E-state index is 8.67. The lowest BCUT2D eigenvalue weighted by atomic mass is 10.2. The highest BCUT2D eigenvalue weighted by Gasteiger charge is 1.92. The number of benzene rings is 2. The molecule has 4 heteroatoms. The SMILES string of the molecule is N#Cc1ccc(/C=N\Nc2cccc(Cl)c2)cc1. The number of nitrogens with one attached hydrogen (secondary N) is 1. The zero-order chi connectivity index (χ0) is 12.8. The van der Waals surface area contributed by atoms with Crippen LogP contribution in [0.3, 0.4) is 0 Å². The zero-order valence-electron chi connectivity index (χ0n) is 9.47. The van der Waals surface area contributed by atoms with E-state index in [1.165, 1.54) is 0 Å². The van der Waals surface area contributed by atoms with Crippen molar-refractivity contribution in [2.75, 3.05) is 5.43 Å². The summed E-state index contributed by atoms with van der Waals surface area (Å²) in [7, 11) is 0. The fourth-order valence-corrected chi connectivity index (χ4v) is 1.57. The Bertz CT molecular complexity index is 597. The van der Waals surface area contributed by atoms with E-state index in [0.717, 1.165) is 11.3 Å². The molecule has 0 aromatic heterocycles. The molecule has 0 saturated heterocycles. The molecule has 0 bridgehead atoms. The second-order valence-corrected chi connectivity index (χ2v) is 4.05. The predicted octanol–water partition coefficient (Wildman–Crippen LogP) is 3.66. The molecule has 0 radical (unpaired) electrons. The Morgan fingerprint density at radius 1 is 1.17 bits per heavy atom. The first-order chi connectivity index (χ1) is 8.78. The monoisotopic (exact) mass is 255 g/mol. The van der Waals surface area contributed by atoms with Crippen LogP contribution in [0.2, 0.25) is 5.02 Å². The summed E-state index contributed by atoms with van der Waals surface area (Å²) in [5.74, 6) is 0. The van der Waals surface area contributed by atoms with E-state index in [0.29, 0.717) is 10.6 Å². The van der Waals surface area contributed by atoms with E-state index in [1.54, 1.807) is 30.5 Å². The van der Waals surface area contributed by atoms with Crippen LogP contribution < -0.4 is 5.43 Å². The lowest BCUT2D eigenvalue weighted by molar-refractivity contribution is 1.35. The number of hydrazone groups is 1. The molecule has 0 fully saturated rings. The molecular formula is C14H10ClN3. The molecule has 0 spiro atoms. The second kappa shape index (κ2) is 5.85. The van der Waals surface area contributed by atoms with Crippen molar-refractivity contribution in [3.63, 3.8) is 0 Å². The maximum absolute atomic E-state index is 8.67. The molecule has 0 aliphatic rings. The van der Waals surface area contributed by atoms with Crippen LogP contribution >= 0.6 is 11.6 Å². The van der Waals surface area contributed by atoms with Gasteiger partial charge < -0.3 is 0 Å². The summed E-state index contributed by atoms with van der Waals surface area (Å²) in [6.07, 6.45) is 1.68. The fraction of sp³-hybridized carbons (Fsp3) is 0. The van der Waals surface area contributed by atoms with Crippen LogP contribution in [-0.4, -0.2) is 6.21 Å². The normalized spacial score (nSPS) is 10.2. The molecule has 0 amide bonds. The van der Waals surface area contributed by atoms with Crippen molar-refractivity contribution in [3.05, 3.63) is 64.7 Å². The third-order valence-electron chi connectivity index (χ3n) is 2.27. The smallest absolute Gasteiger partial charge is 0.0991 e. The third-order valence-corrected chi connectivity index (χ3v) is 2.51. The molecule has 0 atom stereocenters. The van der Waals surface area contributed by atoms with Gasteiger partial charge in [0.1, 0.15) is 0 Å². The van der Waals surface area contributed by atoms with Crippen LogP contribution in [0.15, 0.2) is 53.6 Å². The summed E-state index contributed by atoms with van der Waals surface area (Å²) in [6.45, 7) is 0. The van der Waals surface area contributed by atoms with Crippen LogP contribution in [-0.2, 0) is 0 Å². The fourth-order valence-electron chi connectivity index (χ4n) is 1.38. The van der Waals surface area contributed by atoms with E-state index in [2.05, 4.69) is 16.6 Å². The molecule has 0 heterocycles. The molecule has 0 saturated carbocycles. The first-order valence-electron chi connectivity index (χ1n) is 5.33. The van der Waals surface area contributed by atoms with Gasteiger partial charge in [0.15, 0.2) is 0 Å². The number of nitrogens with zero attached hydrogens (tertiary/aromatic N) is 2. The summed E-state index contributed by atoms with van der Waals surface area (Å²) in [5, 5.41) is 13.4. The molecule has 2 aromatic rings. The van der Waals surface area contributed by atoms with Crippen LogP contribution in [0.5, 0.6) is 0 Å². The molecule has 2 rings (SSSR count). The van der Waals surface area contributed by atoms with E-state index in [-0.39, 0.29) is 0 Å². The zero-order valence-corrected chi connectivity index (χ0v) is 10.2. The van der Waals surface area contributed by atoms with Crippen LogP contribution in [0.4, 0.5) is 5.69 Å². The van der Waals surface area contributed by atoms with Gasteiger partial charge in [0.05, 0.1) is 23.5 Å². The summed E-state index contributed by atoms with van der Waals surface area (Å²) < 4.78 is 0. The van der Waals surface area contributed by atoms with E-state index < -0.39 is 0 Å². The minimum Gasteiger partial charge on any atom is -0.278 e. The van der Waals surface area contributed by atoms with Gasteiger partial charge in [-0.1, -0.05) is 29.8 Å². The summed E-state index contributed by atoms with van der Waals surface area (Å²) in [5.41, 5.74) is 5.26. The van der Waals surface area contributed by atoms with Gasteiger partial charge in [-0.2, -0.15) is 10.4 Å². The topological polar surface area (TPSA) is 48.2 Å². The van der Waals surface area contributed by atoms with Gasteiger partial charge in [0.2, 0.25) is 0 Å². The largest absolute Gasteiger partial charge is 0.278 e. The number of hydrogen-bond donors (Lipinski definition) is 1. The molecule has 1 N–H and O–H groups in total. The second-order valence-electron chi connectivity index (χ2n) is 3.61. The summed E-state index contributed by atoms with van der Waals surface area (Å²) in [4.78, 5) is 0. The molecule has 0 aliphatic carbocycles. The Morgan fingerprint density at radius 3 is 2.61 bits per heavy atom. The summed E-state index contributed by atoms with van der Waals surface area (Å²) in [6, 6.07) is 16.6. The van der Waals surface area contributed by atoms with Crippen molar-refractivity contribution in [2.24, 2.45) is 5.10 Å². The average molecular weight is 256 g/mol. The number of halogens is 1. The first kappa shape index (κ1) is 12.2. The Balaban J connectivity index is 2.01. The first-order valence-corrected chi connectivity index (χ1v) is 5.70. The maximum Gasteiger partial charge on any atom is 0.0991 e. The average Bonchev–Trinajstić information content (AvgIpc) is 2.40. The van der Waals surface area contributed by atoms with E-state index in [4.69, 9.17) is 16.9 Å². The predicted molar refractivity (Wildman–Crippen MR) is 73.8 cm³/mol. The van der Waals surface area contributed by atoms with Gasteiger partial charge in [-0.3, -0.25) is 5.43 Å². The third kappa shape index (κ3) is 3.34. The summed E-state index contributed by atoms with van der Waals surface area (Å²) >= 11 is 5.85. The van der Waals surface area contributed by atoms with Crippen molar-refractivity contribution in [1.82, 2.24) is 0 Å². The van der Waals surface area contributed by atoms with Gasteiger partial charge in [-0.25, -0.2) is 0 Å². The molecule has 0 unspecified atom stereocenters. The number of hydrogen-bond acceptors (Lipinski definition) is 3. The number of rotatable bonds is 3. The van der Waals surface area contributed by atoms with Gasteiger partial charge in [0.25, 0.3) is 0 Å². The van der Waals surface area contributed by atoms with E-state index >= 15 is 0 Å². The van der Waals surface area contributed by atoms with E-state index in [1.807, 2.05) is 24.3 Å². The van der Waals surface area contributed by atoms with Crippen LogP contribution in [0.25, 0.3) is 0 Å². The molecular weight excluding hydrogens is 246 g/mol. The highest BCUT2D eigenvalue weighted by atomic mass is 35.5. The van der Waals surface area contributed by atoms with Gasteiger partial charge in [-0.05, 0) is 35.9 Å². The minimum absolute atomic E-state index is 0.634. The lowest BCUT2D eigenvalue weighted by Crippen LogP contribution is -1.90. The Hall–Kier alpha value is -2.31.